The molecule has 2 aromatic rings. The fourth-order valence-corrected chi connectivity index (χ4v) is 7.42. The zero-order chi connectivity index (χ0) is 38.6. The van der Waals surface area contributed by atoms with Crippen LogP contribution in [-0.4, -0.2) is 11.4 Å². The predicted molar refractivity (Wildman–Crippen MR) is 245 cm³/mol. The summed E-state index contributed by atoms with van der Waals surface area (Å²) in [6.45, 7) is 9.16. The molecule has 55 heavy (non-hydrogen) atoms. The summed E-state index contributed by atoms with van der Waals surface area (Å²) in [6, 6.07) is 18.1. The van der Waals surface area contributed by atoms with Gasteiger partial charge in [-0.3, -0.25) is 4.99 Å². The van der Waals surface area contributed by atoms with Crippen LogP contribution >= 0.6 is 0 Å². The molecular formula is C52H86N2Ni. The van der Waals surface area contributed by atoms with Crippen molar-refractivity contribution >= 4 is 22.8 Å². The topological polar surface area (TPSA) is 24.7 Å². The van der Waals surface area contributed by atoms with Gasteiger partial charge in [0.1, 0.15) is 0 Å². The number of unbranched alkanes of at least 4 members (excludes halogenated alkanes) is 25. The summed E-state index contributed by atoms with van der Waals surface area (Å²) in [5, 5.41) is 0. The normalized spacial score (nSPS) is 12.1. The van der Waals surface area contributed by atoms with Gasteiger partial charge >= 0.3 is 0 Å². The molecule has 314 valence electrons. The zero-order valence-electron chi connectivity index (χ0n) is 36.6. The Balaban J connectivity index is 0.0000151. The number of benzene rings is 2. The van der Waals surface area contributed by atoms with Crippen LogP contribution in [0.2, 0.25) is 0 Å². The monoisotopic (exact) mass is 797 g/mol. The van der Waals surface area contributed by atoms with Crippen molar-refractivity contribution in [2.24, 2.45) is 9.98 Å². The molecule has 0 aliphatic heterocycles. The van der Waals surface area contributed by atoms with Crippen LogP contribution in [0.5, 0.6) is 0 Å². The SMILES string of the molecule is CCCCCCC=CC(=Nc1ccc(CCCCCCCCCCCCC)cc1)C(CCCC)=Nc1ccc(CCCCCCCCCCCCC)cc1.[Ni]. The van der Waals surface area contributed by atoms with E-state index in [1.807, 2.05) is 0 Å². The summed E-state index contributed by atoms with van der Waals surface area (Å²) in [5.74, 6) is 0. The Bertz CT molecular complexity index is 1210. The molecule has 0 atom stereocenters. The van der Waals surface area contributed by atoms with Crippen molar-refractivity contribution in [2.75, 3.05) is 0 Å². The summed E-state index contributed by atoms with van der Waals surface area (Å²) in [6.07, 6.45) is 47.1. The number of hydrogen-bond acceptors (Lipinski definition) is 2. The Morgan fingerprint density at radius 2 is 0.745 bits per heavy atom. The van der Waals surface area contributed by atoms with Crippen molar-refractivity contribution in [3.8, 4) is 0 Å². The first-order valence-electron chi connectivity index (χ1n) is 23.7. The van der Waals surface area contributed by atoms with Crippen molar-refractivity contribution in [1.29, 1.82) is 0 Å². The van der Waals surface area contributed by atoms with E-state index in [-0.39, 0.29) is 16.5 Å². The molecule has 3 heteroatoms. The first-order valence-corrected chi connectivity index (χ1v) is 23.7. The average Bonchev–Trinajstić information content (AvgIpc) is 3.19. The summed E-state index contributed by atoms with van der Waals surface area (Å²) < 4.78 is 0. The maximum atomic E-state index is 5.27. The van der Waals surface area contributed by atoms with Crippen LogP contribution in [0.4, 0.5) is 11.4 Å². The van der Waals surface area contributed by atoms with Crippen LogP contribution in [0.1, 0.15) is 231 Å². The second-order valence-electron chi connectivity index (χ2n) is 16.3. The Hall–Kier alpha value is -1.99. The van der Waals surface area contributed by atoms with E-state index in [9.17, 15) is 0 Å². The van der Waals surface area contributed by atoms with Crippen LogP contribution in [0.25, 0.3) is 0 Å². The first-order chi connectivity index (χ1) is 26.7. The third kappa shape index (κ3) is 28.1. The van der Waals surface area contributed by atoms with E-state index in [0.29, 0.717) is 0 Å². The van der Waals surface area contributed by atoms with Gasteiger partial charge in [-0.05, 0) is 92.8 Å². The average molecular weight is 798 g/mol. The minimum Gasteiger partial charge on any atom is -0.251 e. The van der Waals surface area contributed by atoms with E-state index >= 15 is 0 Å². The number of aryl methyl sites for hydroxylation is 2. The second kappa shape index (κ2) is 37.6. The van der Waals surface area contributed by atoms with Crippen molar-refractivity contribution < 1.29 is 16.5 Å². The van der Waals surface area contributed by atoms with E-state index in [0.717, 1.165) is 48.5 Å². The first kappa shape index (κ1) is 51.0. The maximum absolute atomic E-state index is 5.27. The van der Waals surface area contributed by atoms with Gasteiger partial charge in [-0.15, -0.1) is 0 Å². The molecule has 0 aromatic heterocycles. The molecule has 0 saturated carbocycles. The third-order valence-electron chi connectivity index (χ3n) is 11.1. The van der Waals surface area contributed by atoms with E-state index < -0.39 is 0 Å². The molecule has 2 nitrogen and oxygen atoms in total. The maximum Gasteiger partial charge on any atom is 0.0848 e. The second-order valence-corrected chi connectivity index (χ2v) is 16.3. The van der Waals surface area contributed by atoms with Gasteiger partial charge in [0.05, 0.1) is 22.8 Å². The Morgan fingerprint density at radius 3 is 1.15 bits per heavy atom. The molecule has 0 aliphatic rings. The largest absolute Gasteiger partial charge is 0.251 e. The Labute approximate surface area is 352 Å². The van der Waals surface area contributed by atoms with Gasteiger partial charge in [0.15, 0.2) is 0 Å². The molecular weight excluding hydrogens is 711 g/mol. The molecule has 0 amide bonds. The van der Waals surface area contributed by atoms with Crippen molar-refractivity contribution in [1.82, 2.24) is 0 Å². The van der Waals surface area contributed by atoms with Gasteiger partial charge in [0, 0.05) is 16.5 Å². The quantitative estimate of drug-likeness (QED) is 0.0373. The molecule has 0 spiro atoms. The predicted octanol–water partition coefficient (Wildman–Crippen LogP) is 18.0. The smallest absolute Gasteiger partial charge is 0.0848 e. The zero-order valence-corrected chi connectivity index (χ0v) is 37.6. The van der Waals surface area contributed by atoms with E-state index in [1.165, 1.54) is 191 Å². The fourth-order valence-electron chi connectivity index (χ4n) is 7.42. The van der Waals surface area contributed by atoms with E-state index in [2.05, 4.69) is 88.4 Å². The summed E-state index contributed by atoms with van der Waals surface area (Å²) in [5.41, 5.74) is 7.11. The van der Waals surface area contributed by atoms with Crippen LogP contribution in [0.3, 0.4) is 0 Å². The number of hydrogen-bond donors (Lipinski definition) is 0. The third-order valence-corrected chi connectivity index (χ3v) is 11.1. The molecule has 0 fully saturated rings. The van der Waals surface area contributed by atoms with Crippen LogP contribution in [0.15, 0.2) is 70.7 Å². The van der Waals surface area contributed by atoms with Crippen LogP contribution in [-0.2, 0) is 29.3 Å². The van der Waals surface area contributed by atoms with Crippen molar-refractivity contribution in [2.45, 2.75) is 233 Å². The molecule has 0 saturated heterocycles. The van der Waals surface area contributed by atoms with E-state index in [4.69, 9.17) is 9.98 Å². The minimum absolute atomic E-state index is 0. The molecule has 0 N–H and O–H groups in total. The standard InChI is InChI=1S/C52H86N2.Ni/c1-5-9-13-16-19-21-23-25-27-29-32-35-47-39-43-49(44-40-47)53-51(37-12-8-4)52(38-34-31-18-15-11-7-3)54-50-45-41-48(42-46-50)36-33-30-28-26-24-22-20-17-14-10-6-2;/h34,38-46H,5-33,35-37H2,1-4H3;. The van der Waals surface area contributed by atoms with E-state index in [1.54, 1.807) is 0 Å². The molecule has 2 rings (SSSR count). The number of aliphatic imine (C=N–C) groups is 2. The fraction of sp³-hybridized carbons (Fsp3) is 0.692. The minimum atomic E-state index is 0. The Kier molecular flexibility index (Phi) is 34.9. The molecule has 0 radical (unpaired) electrons. The molecule has 0 unspecified atom stereocenters. The van der Waals surface area contributed by atoms with Gasteiger partial charge in [-0.1, -0.05) is 212 Å². The molecule has 0 bridgehead atoms. The molecule has 0 heterocycles. The Morgan fingerprint density at radius 1 is 0.400 bits per heavy atom. The summed E-state index contributed by atoms with van der Waals surface area (Å²) >= 11 is 0. The van der Waals surface area contributed by atoms with Gasteiger partial charge in [-0.25, -0.2) is 4.99 Å². The number of allylic oxidation sites excluding steroid dienone is 2. The van der Waals surface area contributed by atoms with Gasteiger partial charge < -0.3 is 0 Å². The number of nitrogens with zero attached hydrogens (tertiary/aromatic N) is 2. The van der Waals surface area contributed by atoms with Crippen LogP contribution < -0.4 is 0 Å². The van der Waals surface area contributed by atoms with Gasteiger partial charge in [0.2, 0.25) is 0 Å². The van der Waals surface area contributed by atoms with Crippen LogP contribution in [0, 0.1) is 0 Å². The van der Waals surface area contributed by atoms with Gasteiger partial charge in [0.25, 0.3) is 0 Å². The number of rotatable bonds is 36. The molecule has 0 aliphatic carbocycles. The van der Waals surface area contributed by atoms with Gasteiger partial charge in [-0.2, -0.15) is 0 Å². The summed E-state index contributed by atoms with van der Waals surface area (Å²) in [7, 11) is 0. The molecule has 2 aromatic carbocycles. The van der Waals surface area contributed by atoms with Crippen molar-refractivity contribution in [3.05, 3.63) is 71.8 Å². The summed E-state index contributed by atoms with van der Waals surface area (Å²) in [4.78, 5) is 10.5. The van der Waals surface area contributed by atoms with Crippen molar-refractivity contribution in [3.63, 3.8) is 0 Å².